The number of benzene rings is 1. The van der Waals surface area contributed by atoms with Gasteiger partial charge in [-0.2, -0.15) is 0 Å². The van der Waals surface area contributed by atoms with Gasteiger partial charge in [-0.05, 0) is 31.7 Å². The summed E-state index contributed by atoms with van der Waals surface area (Å²) in [5.41, 5.74) is -0.248. The van der Waals surface area contributed by atoms with Crippen molar-refractivity contribution in [3.8, 4) is 0 Å². The minimum Gasteiger partial charge on any atom is -0.388 e. The zero-order valence-corrected chi connectivity index (χ0v) is 16.6. The first-order valence-electron chi connectivity index (χ1n) is 9.88. The molecule has 154 valence electrons. The standard InChI is InChI=1S/C21H30N2O5/c1-21(26)10-11-23(20(25)16-8-12-28-13-9-16)18(15-6-4-3-5-7-15)19(21)22-17(24)14-27-2/h3-7,16,18-19,26H,8-14H2,1-2H3,(H,22,24). The Morgan fingerprint density at radius 1 is 1.29 bits per heavy atom. The molecule has 2 heterocycles. The van der Waals surface area contributed by atoms with E-state index < -0.39 is 17.7 Å². The third-order valence-corrected chi connectivity index (χ3v) is 5.77. The Morgan fingerprint density at radius 2 is 1.96 bits per heavy atom. The summed E-state index contributed by atoms with van der Waals surface area (Å²) in [7, 11) is 1.45. The van der Waals surface area contributed by atoms with E-state index in [0.29, 0.717) is 39.0 Å². The number of ether oxygens (including phenoxy) is 2. The Bertz CT molecular complexity index is 673. The summed E-state index contributed by atoms with van der Waals surface area (Å²) in [6, 6.07) is 8.52. The quantitative estimate of drug-likeness (QED) is 0.791. The van der Waals surface area contributed by atoms with Gasteiger partial charge in [-0.15, -0.1) is 0 Å². The first-order valence-corrected chi connectivity index (χ1v) is 9.88. The lowest BCUT2D eigenvalue weighted by Crippen LogP contribution is -2.64. The number of hydrogen-bond donors (Lipinski definition) is 2. The van der Waals surface area contributed by atoms with Gasteiger partial charge in [-0.25, -0.2) is 0 Å². The van der Waals surface area contributed by atoms with E-state index in [0.717, 1.165) is 5.56 Å². The van der Waals surface area contributed by atoms with Gasteiger partial charge < -0.3 is 24.8 Å². The van der Waals surface area contributed by atoms with Crippen molar-refractivity contribution < 1.29 is 24.2 Å². The number of carbonyl (C=O) groups excluding carboxylic acids is 2. The molecule has 3 rings (SSSR count). The highest BCUT2D eigenvalue weighted by Crippen LogP contribution is 2.38. The monoisotopic (exact) mass is 390 g/mol. The number of aliphatic hydroxyl groups is 1. The number of methoxy groups -OCH3 is 1. The maximum Gasteiger partial charge on any atom is 0.246 e. The van der Waals surface area contributed by atoms with Crippen LogP contribution in [-0.2, 0) is 19.1 Å². The van der Waals surface area contributed by atoms with E-state index in [1.165, 1.54) is 7.11 Å². The number of piperidine rings is 1. The third kappa shape index (κ3) is 4.54. The largest absolute Gasteiger partial charge is 0.388 e. The summed E-state index contributed by atoms with van der Waals surface area (Å²) in [5, 5.41) is 14.0. The highest BCUT2D eigenvalue weighted by molar-refractivity contribution is 5.81. The molecule has 0 spiro atoms. The average Bonchev–Trinajstić information content (AvgIpc) is 2.70. The van der Waals surface area contributed by atoms with Crippen LogP contribution in [0.5, 0.6) is 0 Å². The molecule has 1 aromatic carbocycles. The molecule has 0 aliphatic carbocycles. The number of likely N-dealkylation sites (tertiary alicyclic amines) is 1. The van der Waals surface area contributed by atoms with Crippen LogP contribution in [-0.4, -0.2) is 66.9 Å². The van der Waals surface area contributed by atoms with Crippen LogP contribution in [0.1, 0.15) is 37.8 Å². The molecule has 28 heavy (non-hydrogen) atoms. The van der Waals surface area contributed by atoms with Crippen molar-refractivity contribution in [3.05, 3.63) is 35.9 Å². The molecule has 2 aliphatic heterocycles. The van der Waals surface area contributed by atoms with E-state index in [1.54, 1.807) is 6.92 Å². The summed E-state index contributed by atoms with van der Waals surface area (Å²) >= 11 is 0. The lowest BCUT2D eigenvalue weighted by atomic mass is 9.78. The first kappa shape index (κ1) is 20.8. The van der Waals surface area contributed by atoms with Gasteiger partial charge in [-0.1, -0.05) is 30.3 Å². The molecular weight excluding hydrogens is 360 g/mol. The molecule has 3 unspecified atom stereocenters. The van der Waals surface area contributed by atoms with Gasteiger partial charge >= 0.3 is 0 Å². The van der Waals surface area contributed by atoms with Crippen LogP contribution in [0.25, 0.3) is 0 Å². The van der Waals surface area contributed by atoms with E-state index >= 15 is 0 Å². The average molecular weight is 390 g/mol. The SMILES string of the molecule is COCC(=O)NC1C(c2ccccc2)N(C(=O)C2CCOCC2)CCC1(C)O. The second-order valence-corrected chi connectivity index (χ2v) is 7.86. The zero-order valence-electron chi connectivity index (χ0n) is 16.6. The minimum atomic E-state index is -1.14. The molecule has 7 heteroatoms. The van der Waals surface area contributed by atoms with E-state index in [1.807, 2.05) is 35.2 Å². The van der Waals surface area contributed by atoms with Gasteiger partial charge in [0, 0.05) is 32.8 Å². The van der Waals surface area contributed by atoms with Crippen LogP contribution < -0.4 is 5.32 Å². The fourth-order valence-corrected chi connectivity index (χ4v) is 4.19. The Morgan fingerprint density at radius 3 is 2.61 bits per heavy atom. The van der Waals surface area contributed by atoms with Crippen LogP contribution in [0.15, 0.2) is 30.3 Å². The summed E-state index contributed by atoms with van der Waals surface area (Å²) in [4.78, 5) is 27.5. The van der Waals surface area contributed by atoms with Gasteiger partial charge in [0.15, 0.2) is 0 Å². The van der Waals surface area contributed by atoms with Crippen molar-refractivity contribution in [3.63, 3.8) is 0 Å². The van der Waals surface area contributed by atoms with E-state index in [4.69, 9.17) is 9.47 Å². The molecule has 0 radical (unpaired) electrons. The Kier molecular flexibility index (Phi) is 6.69. The molecule has 0 saturated carbocycles. The first-order chi connectivity index (χ1) is 13.4. The summed E-state index contributed by atoms with van der Waals surface area (Å²) in [6.45, 7) is 3.25. The van der Waals surface area contributed by atoms with Crippen molar-refractivity contribution in [2.24, 2.45) is 5.92 Å². The molecule has 7 nitrogen and oxygen atoms in total. The van der Waals surface area contributed by atoms with Crippen molar-refractivity contribution in [1.82, 2.24) is 10.2 Å². The number of carbonyl (C=O) groups is 2. The highest BCUT2D eigenvalue weighted by Gasteiger charge is 2.48. The Labute approximate surface area is 166 Å². The molecule has 1 aromatic rings. The summed E-state index contributed by atoms with van der Waals surface area (Å²) in [6.07, 6.45) is 1.80. The fraction of sp³-hybridized carbons (Fsp3) is 0.619. The molecule has 2 fully saturated rings. The second kappa shape index (κ2) is 9.03. The van der Waals surface area contributed by atoms with Gasteiger partial charge in [0.1, 0.15) is 6.61 Å². The maximum absolute atomic E-state index is 13.4. The predicted octanol–water partition coefficient (Wildman–Crippen LogP) is 1.27. The predicted molar refractivity (Wildman–Crippen MR) is 103 cm³/mol. The smallest absolute Gasteiger partial charge is 0.246 e. The maximum atomic E-state index is 13.4. The molecule has 2 aliphatic rings. The molecule has 0 aromatic heterocycles. The van der Waals surface area contributed by atoms with Gasteiger partial charge in [0.25, 0.3) is 0 Å². The van der Waals surface area contributed by atoms with E-state index in [-0.39, 0.29) is 24.3 Å². The zero-order chi connectivity index (χ0) is 20.1. The van der Waals surface area contributed by atoms with Crippen molar-refractivity contribution in [1.29, 1.82) is 0 Å². The van der Waals surface area contributed by atoms with Crippen molar-refractivity contribution in [2.75, 3.05) is 33.5 Å². The summed E-state index contributed by atoms with van der Waals surface area (Å²) in [5.74, 6) is -0.328. The summed E-state index contributed by atoms with van der Waals surface area (Å²) < 4.78 is 10.3. The van der Waals surface area contributed by atoms with E-state index in [2.05, 4.69) is 5.32 Å². The number of nitrogens with one attached hydrogen (secondary N) is 1. The number of hydrogen-bond acceptors (Lipinski definition) is 5. The van der Waals surface area contributed by atoms with Crippen LogP contribution in [0.4, 0.5) is 0 Å². The van der Waals surface area contributed by atoms with Gasteiger partial charge in [-0.3, -0.25) is 9.59 Å². The number of nitrogens with zero attached hydrogens (tertiary/aromatic N) is 1. The minimum absolute atomic E-state index is 0.0682. The Hall–Kier alpha value is -1.96. The van der Waals surface area contributed by atoms with Gasteiger partial charge in [0.05, 0.1) is 17.7 Å². The Balaban J connectivity index is 1.94. The number of rotatable bonds is 5. The lowest BCUT2D eigenvalue weighted by molar-refractivity contribution is -0.152. The third-order valence-electron chi connectivity index (χ3n) is 5.77. The molecular formula is C21H30N2O5. The van der Waals surface area contributed by atoms with Gasteiger partial charge in [0.2, 0.25) is 11.8 Å². The number of amides is 2. The van der Waals surface area contributed by atoms with Crippen LogP contribution >= 0.6 is 0 Å². The molecule has 2 saturated heterocycles. The molecule has 0 bridgehead atoms. The second-order valence-electron chi connectivity index (χ2n) is 7.86. The van der Waals surface area contributed by atoms with E-state index in [9.17, 15) is 14.7 Å². The van der Waals surface area contributed by atoms with Crippen LogP contribution in [0.3, 0.4) is 0 Å². The van der Waals surface area contributed by atoms with Crippen LogP contribution in [0.2, 0.25) is 0 Å². The van der Waals surface area contributed by atoms with Crippen molar-refractivity contribution >= 4 is 11.8 Å². The van der Waals surface area contributed by atoms with Crippen LogP contribution in [0, 0.1) is 5.92 Å². The lowest BCUT2D eigenvalue weighted by Gasteiger charge is -2.50. The molecule has 2 amide bonds. The topological polar surface area (TPSA) is 88.1 Å². The van der Waals surface area contributed by atoms with Crippen molar-refractivity contribution in [2.45, 2.75) is 43.9 Å². The normalized spacial score (nSPS) is 28.8. The highest BCUT2D eigenvalue weighted by atomic mass is 16.5. The molecule has 2 N–H and O–H groups in total. The molecule has 3 atom stereocenters. The fourth-order valence-electron chi connectivity index (χ4n) is 4.19.